The third kappa shape index (κ3) is 3.41. The Morgan fingerprint density at radius 3 is 2.74 bits per heavy atom. The van der Waals surface area contributed by atoms with Crippen molar-refractivity contribution in [2.75, 3.05) is 11.6 Å². The predicted octanol–water partition coefficient (Wildman–Crippen LogP) is 2.72. The average molecular weight is 276 g/mol. The van der Waals surface area contributed by atoms with Crippen molar-refractivity contribution < 1.29 is 4.92 Å². The largest absolute Gasteiger partial charge is 0.360 e. The van der Waals surface area contributed by atoms with E-state index in [1.165, 1.54) is 18.0 Å². The molecule has 0 saturated carbocycles. The number of hydrogen-bond acceptors (Lipinski definition) is 6. The van der Waals surface area contributed by atoms with E-state index in [0.717, 1.165) is 5.56 Å². The summed E-state index contributed by atoms with van der Waals surface area (Å²) in [6.07, 6.45) is 3.05. The Balaban J connectivity index is 2.20. The molecule has 1 aromatic carbocycles. The molecule has 1 aromatic heterocycles. The highest BCUT2D eigenvalue weighted by atomic mass is 32.2. The normalized spacial score (nSPS) is 10.2. The van der Waals surface area contributed by atoms with Crippen LogP contribution in [0.5, 0.6) is 0 Å². The van der Waals surface area contributed by atoms with Gasteiger partial charge < -0.3 is 5.32 Å². The molecule has 0 spiro atoms. The molecular weight excluding hydrogens is 264 g/mol. The summed E-state index contributed by atoms with van der Waals surface area (Å²) >= 11 is 1.34. The lowest BCUT2D eigenvalue weighted by atomic mass is 10.2. The summed E-state index contributed by atoms with van der Waals surface area (Å²) in [7, 11) is 0. The number of benzene rings is 1. The van der Waals surface area contributed by atoms with Crippen LogP contribution in [0.25, 0.3) is 0 Å². The van der Waals surface area contributed by atoms with Gasteiger partial charge in [-0.15, -0.1) is 0 Å². The fraction of sp³-hybridized carbons (Fsp3) is 0.167. The standard InChI is InChI=1S/C12H12N4O2S/c1-19-12-14-8-10(16(17)18)11(15-12)13-7-9-5-3-2-4-6-9/h2-6,8H,7H2,1H3,(H,13,14,15). The molecule has 98 valence electrons. The molecular formula is C12H12N4O2S. The van der Waals surface area contributed by atoms with Gasteiger partial charge in [0.25, 0.3) is 0 Å². The summed E-state index contributed by atoms with van der Waals surface area (Å²) in [6.45, 7) is 0.479. The smallest absolute Gasteiger partial charge is 0.329 e. The van der Waals surface area contributed by atoms with Crippen LogP contribution in [0, 0.1) is 10.1 Å². The molecule has 7 heteroatoms. The molecule has 2 aromatic rings. The SMILES string of the molecule is CSc1ncc([N+](=O)[O-])c(NCc2ccccc2)n1. The van der Waals surface area contributed by atoms with Crippen molar-refractivity contribution in [1.82, 2.24) is 9.97 Å². The van der Waals surface area contributed by atoms with Gasteiger partial charge in [-0.25, -0.2) is 4.98 Å². The van der Waals surface area contributed by atoms with E-state index in [4.69, 9.17) is 0 Å². The molecule has 0 saturated heterocycles. The van der Waals surface area contributed by atoms with Crippen molar-refractivity contribution >= 4 is 23.3 Å². The minimum absolute atomic E-state index is 0.117. The first-order chi connectivity index (χ1) is 9.20. The summed E-state index contributed by atoms with van der Waals surface area (Å²) in [6, 6.07) is 9.63. The predicted molar refractivity (Wildman–Crippen MR) is 74.2 cm³/mol. The highest BCUT2D eigenvalue weighted by Gasteiger charge is 2.16. The second-order valence-electron chi connectivity index (χ2n) is 3.69. The first-order valence-corrected chi connectivity index (χ1v) is 6.76. The maximum absolute atomic E-state index is 10.9. The molecule has 1 heterocycles. The summed E-state index contributed by atoms with van der Waals surface area (Å²) in [5.41, 5.74) is 0.912. The maximum atomic E-state index is 10.9. The number of thioether (sulfide) groups is 1. The molecule has 0 aliphatic carbocycles. The summed E-state index contributed by atoms with van der Waals surface area (Å²) in [5.74, 6) is 0.244. The summed E-state index contributed by atoms with van der Waals surface area (Å²) in [5, 5.41) is 14.4. The highest BCUT2D eigenvalue weighted by molar-refractivity contribution is 7.98. The number of aromatic nitrogens is 2. The van der Waals surface area contributed by atoms with Gasteiger partial charge in [0.05, 0.1) is 4.92 Å². The van der Waals surface area contributed by atoms with E-state index in [-0.39, 0.29) is 11.5 Å². The molecule has 0 unspecified atom stereocenters. The molecule has 0 aliphatic rings. The Morgan fingerprint density at radius 1 is 1.37 bits per heavy atom. The molecule has 2 rings (SSSR count). The lowest BCUT2D eigenvalue weighted by Crippen LogP contribution is -2.06. The van der Waals surface area contributed by atoms with E-state index in [1.54, 1.807) is 0 Å². The van der Waals surface area contributed by atoms with E-state index in [9.17, 15) is 10.1 Å². The minimum atomic E-state index is -0.489. The van der Waals surface area contributed by atoms with Crippen molar-refractivity contribution in [2.45, 2.75) is 11.7 Å². The molecule has 19 heavy (non-hydrogen) atoms. The highest BCUT2D eigenvalue weighted by Crippen LogP contribution is 2.23. The molecule has 0 amide bonds. The molecule has 0 bridgehead atoms. The van der Waals surface area contributed by atoms with Gasteiger partial charge in [0, 0.05) is 6.54 Å². The van der Waals surface area contributed by atoms with Crippen LogP contribution in [0.3, 0.4) is 0 Å². The van der Waals surface area contributed by atoms with Gasteiger partial charge in [0.1, 0.15) is 6.20 Å². The van der Waals surface area contributed by atoms with Crippen LogP contribution in [-0.2, 0) is 6.54 Å². The van der Waals surface area contributed by atoms with E-state index < -0.39 is 4.92 Å². The van der Waals surface area contributed by atoms with Crippen LogP contribution >= 0.6 is 11.8 Å². The van der Waals surface area contributed by atoms with E-state index >= 15 is 0 Å². The number of hydrogen-bond donors (Lipinski definition) is 1. The quantitative estimate of drug-likeness (QED) is 0.391. The zero-order valence-electron chi connectivity index (χ0n) is 10.2. The molecule has 0 fully saturated rings. The lowest BCUT2D eigenvalue weighted by molar-refractivity contribution is -0.384. The Labute approximate surface area is 114 Å². The molecule has 1 N–H and O–H groups in total. The van der Waals surface area contributed by atoms with Crippen LogP contribution in [0.15, 0.2) is 41.7 Å². The van der Waals surface area contributed by atoms with E-state index in [1.807, 2.05) is 36.6 Å². The third-order valence-corrected chi connectivity index (χ3v) is 2.99. The Bertz CT molecular complexity index is 577. The second-order valence-corrected chi connectivity index (χ2v) is 4.46. The molecule has 0 aliphatic heterocycles. The van der Waals surface area contributed by atoms with Crippen LogP contribution in [0.1, 0.15) is 5.56 Å². The average Bonchev–Trinajstić information content (AvgIpc) is 2.45. The fourth-order valence-corrected chi connectivity index (χ4v) is 1.84. The van der Waals surface area contributed by atoms with Crippen molar-refractivity contribution in [3.63, 3.8) is 0 Å². The van der Waals surface area contributed by atoms with Gasteiger partial charge in [0.2, 0.25) is 5.82 Å². The first kappa shape index (κ1) is 13.3. The van der Waals surface area contributed by atoms with Crippen molar-refractivity contribution in [1.29, 1.82) is 0 Å². The third-order valence-electron chi connectivity index (χ3n) is 2.43. The number of rotatable bonds is 5. The number of nitrogens with one attached hydrogen (secondary N) is 1. The maximum Gasteiger partial charge on any atom is 0.329 e. The molecule has 6 nitrogen and oxygen atoms in total. The van der Waals surface area contributed by atoms with E-state index in [2.05, 4.69) is 15.3 Å². The van der Waals surface area contributed by atoms with Crippen molar-refractivity contribution in [3.05, 3.63) is 52.2 Å². The van der Waals surface area contributed by atoms with Gasteiger partial charge in [-0.1, -0.05) is 42.1 Å². The minimum Gasteiger partial charge on any atom is -0.360 e. The van der Waals surface area contributed by atoms with Crippen molar-refractivity contribution in [3.8, 4) is 0 Å². The second kappa shape index (κ2) is 6.14. The lowest BCUT2D eigenvalue weighted by Gasteiger charge is -2.06. The Morgan fingerprint density at radius 2 is 2.11 bits per heavy atom. The fourth-order valence-electron chi connectivity index (χ4n) is 1.50. The zero-order chi connectivity index (χ0) is 13.7. The zero-order valence-corrected chi connectivity index (χ0v) is 11.1. The first-order valence-electron chi connectivity index (χ1n) is 5.54. The number of nitro groups is 1. The molecule has 0 atom stereocenters. The summed E-state index contributed by atoms with van der Waals surface area (Å²) in [4.78, 5) is 18.5. The van der Waals surface area contributed by atoms with Crippen molar-refractivity contribution in [2.24, 2.45) is 0 Å². The Kier molecular flexibility index (Phi) is 4.30. The monoisotopic (exact) mass is 276 g/mol. The van der Waals surface area contributed by atoms with Crippen LogP contribution < -0.4 is 5.32 Å². The molecule has 0 radical (unpaired) electrons. The van der Waals surface area contributed by atoms with Crippen LogP contribution in [0.2, 0.25) is 0 Å². The summed E-state index contributed by atoms with van der Waals surface area (Å²) < 4.78 is 0. The van der Waals surface area contributed by atoms with Crippen LogP contribution in [-0.4, -0.2) is 21.1 Å². The topological polar surface area (TPSA) is 81.0 Å². The van der Waals surface area contributed by atoms with Gasteiger partial charge in [-0.05, 0) is 11.8 Å². The van der Waals surface area contributed by atoms with E-state index in [0.29, 0.717) is 11.7 Å². The number of anilines is 1. The van der Waals surface area contributed by atoms with Gasteiger partial charge >= 0.3 is 5.69 Å². The van der Waals surface area contributed by atoms with Gasteiger partial charge in [0.15, 0.2) is 5.16 Å². The van der Waals surface area contributed by atoms with Crippen LogP contribution in [0.4, 0.5) is 11.5 Å². The number of nitrogens with zero attached hydrogens (tertiary/aromatic N) is 3. The van der Waals surface area contributed by atoms with Gasteiger partial charge in [-0.3, -0.25) is 10.1 Å². The Hall–Kier alpha value is -2.15. The van der Waals surface area contributed by atoms with Gasteiger partial charge in [-0.2, -0.15) is 4.98 Å².